The number of carbonyl (C=O) groups is 1. The zero-order valence-corrected chi connectivity index (χ0v) is 19.4. The van der Waals surface area contributed by atoms with Gasteiger partial charge < -0.3 is 9.47 Å². The Morgan fingerprint density at radius 2 is 1.74 bits per heavy atom. The first-order valence-corrected chi connectivity index (χ1v) is 12.8. The molecule has 2 aliphatic heterocycles. The van der Waals surface area contributed by atoms with Gasteiger partial charge in [-0.3, -0.25) is 9.69 Å². The van der Waals surface area contributed by atoms with E-state index < -0.39 is 10.0 Å². The third kappa shape index (κ3) is 4.63. The van der Waals surface area contributed by atoms with E-state index in [4.69, 9.17) is 4.98 Å². The number of hydrogen-bond acceptors (Lipinski definition) is 5. The van der Waals surface area contributed by atoms with Gasteiger partial charge in [-0.1, -0.05) is 6.42 Å². The van der Waals surface area contributed by atoms with Gasteiger partial charge in [0.25, 0.3) is 0 Å². The van der Waals surface area contributed by atoms with Gasteiger partial charge in [-0.05, 0) is 57.9 Å². The highest BCUT2D eigenvalue weighted by Crippen LogP contribution is 2.25. The first-order valence-electron chi connectivity index (χ1n) is 11.4. The molecule has 0 N–H and O–H groups in total. The molecule has 0 unspecified atom stereocenters. The SMILES string of the molecule is CCn1c(CN(C)CC(=O)N2CCCC2)nc2cc(S(=O)(=O)N3CCCCC3)ccc21. The maximum atomic E-state index is 13.1. The van der Waals surface area contributed by atoms with Gasteiger partial charge >= 0.3 is 0 Å². The summed E-state index contributed by atoms with van der Waals surface area (Å²) < 4.78 is 29.8. The predicted octanol–water partition coefficient (Wildman–Crippen LogP) is 2.29. The van der Waals surface area contributed by atoms with Crippen LogP contribution in [0.4, 0.5) is 0 Å². The molecule has 2 aromatic rings. The highest BCUT2D eigenvalue weighted by molar-refractivity contribution is 7.89. The van der Waals surface area contributed by atoms with Gasteiger partial charge in [-0.2, -0.15) is 4.31 Å². The lowest BCUT2D eigenvalue weighted by molar-refractivity contribution is -0.131. The first-order chi connectivity index (χ1) is 14.9. The number of likely N-dealkylation sites (N-methyl/N-ethyl adjacent to an activating group) is 1. The van der Waals surface area contributed by atoms with Crippen LogP contribution in [-0.4, -0.2) is 77.8 Å². The van der Waals surface area contributed by atoms with E-state index in [1.54, 1.807) is 16.4 Å². The summed E-state index contributed by atoms with van der Waals surface area (Å²) in [5, 5.41) is 0. The highest BCUT2D eigenvalue weighted by Gasteiger charge is 2.27. The van der Waals surface area contributed by atoms with Crippen LogP contribution in [0.15, 0.2) is 23.1 Å². The minimum Gasteiger partial charge on any atom is -0.342 e. The van der Waals surface area contributed by atoms with Crippen molar-refractivity contribution in [3.63, 3.8) is 0 Å². The Kier molecular flexibility index (Phi) is 6.64. The molecular weight excluding hydrogens is 414 g/mol. The van der Waals surface area contributed by atoms with Gasteiger partial charge in [0.1, 0.15) is 5.82 Å². The average molecular weight is 448 g/mol. The van der Waals surface area contributed by atoms with Crippen LogP contribution in [0.1, 0.15) is 44.9 Å². The van der Waals surface area contributed by atoms with Crippen molar-refractivity contribution in [1.29, 1.82) is 0 Å². The molecule has 2 fully saturated rings. The van der Waals surface area contributed by atoms with E-state index in [0.29, 0.717) is 36.6 Å². The number of nitrogens with zero attached hydrogens (tertiary/aromatic N) is 5. The minimum absolute atomic E-state index is 0.161. The van der Waals surface area contributed by atoms with E-state index in [-0.39, 0.29) is 5.91 Å². The van der Waals surface area contributed by atoms with E-state index in [2.05, 4.69) is 11.5 Å². The number of sulfonamides is 1. The number of imidazole rings is 1. The lowest BCUT2D eigenvalue weighted by Crippen LogP contribution is -2.37. The van der Waals surface area contributed by atoms with Crippen LogP contribution >= 0.6 is 0 Å². The molecule has 4 rings (SSSR count). The van der Waals surface area contributed by atoms with Crippen molar-refractivity contribution in [2.75, 3.05) is 39.8 Å². The number of carbonyl (C=O) groups excluding carboxylic acids is 1. The van der Waals surface area contributed by atoms with Crippen LogP contribution in [-0.2, 0) is 27.9 Å². The number of aromatic nitrogens is 2. The standard InChI is InChI=1S/C22H33N5O3S/c1-3-27-20-10-9-18(31(29,30)26-13-5-4-6-14-26)15-19(20)23-21(27)16-24(2)17-22(28)25-11-7-8-12-25/h9-10,15H,3-8,11-14,16-17H2,1-2H3. The van der Waals surface area contributed by atoms with Gasteiger partial charge in [-0.15, -0.1) is 0 Å². The number of amides is 1. The summed E-state index contributed by atoms with van der Waals surface area (Å²) in [6, 6.07) is 5.26. The van der Waals surface area contributed by atoms with Gasteiger partial charge in [0.15, 0.2) is 0 Å². The molecule has 2 saturated heterocycles. The monoisotopic (exact) mass is 447 g/mol. The van der Waals surface area contributed by atoms with E-state index in [0.717, 1.165) is 63.1 Å². The molecule has 0 atom stereocenters. The van der Waals surface area contributed by atoms with Crippen molar-refractivity contribution in [3.05, 3.63) is 24.0 Å². The summed E-state index contributed by atoms with van der Waals surface area (Å²) in [5.41, 5.74) is 1.61. The van der Waals surface area contributed by atoms with E-state index in [9.17, 15) is 13.2 Å². The molecule has 0 spiro atoms. The Hall–Kier alpha value is -1.97. The second-order valence-electron chi connectivity index (χ2n) is 8.65. The number of hydrogen-bond donors (Lipinski definition) is 0. The molecule has 0 radical (unpaired) electrons. The molecule has 3 heterocycles. The molecule has 1 aromatic carbocycles. The summed E-state index contributed by atoms with van der Waals surface area (Å²) >= 11 is 0. The van der Waals surface area contributed by atoms with E-state index >= 15 is 0 Å². The molecule has 1 amide bonds. The normalized spacial score (nSPS) is 18.4. The van der Waals surface area contributed by atoms with Crippen LogP contribution < -0.4 is 0 Å². The fourth-order valence-corrected chi connectivity index (χ4v) is 6.18. The van der Waals surface area contributed by atoms with E-state index in [1.807, 2.05) is 22.9 Å². The van der Waals surface area contributed by atoms with Crippen molar-refractivity contribution in [2.24, 2.45) is 0 Å². The Labute approximate surface area is 184 Å². The fourth-order valence-electron chi connectivity index (χ4n) is 4.64. The number of benzene rings is 1. The molecule has 0 saturated carbocycles. The summed E-state index contributed by atoms with van der Waals surface area (Å²) in [6.45, 7) is 6.58. The topological polar surface area (TPSA) is 78.8 Å². The molecule has 170 valence electrons. The number of rotatable bonds is 7. The van der Waals surface area contributed by atoms with Crippen LogP contribution in [0.5, 0.6) is 0 Å². The Bertz CT molecular complexity index is 1040. The largest absolute Gasteiger partial charge is 0.342 e. The average Bonchev–Trinajstić information content (AvgIpc) is 3.41. The molecule has 8 nitrogen and oxygen atoms in total. The van der Waals surface area contributed by atoms with Gasteiger partial charge in [-0.25, -0.2) is 13.4 Å². The summed E-state index contributed by atoms with van der Waals surface area (Å²) in [4.78, 5) is 21.4. The lowest BCUT2D eigenvalue weighted by Gasteiger charge is -2.25. The second kappa shape index (κ2) is 9.26. The molecular formula is C22H33N5O3S. The maximum absolute atomic E-state index is 13.1. The lowest BCUT2D eigenvalue weighted by atomic mass is 10.2. The Morgan fingerprint density at radius 3 is 2.42 bits per heavy atom. The van der Waals surface area contributed by atoms with Crippen LogP contribution in [0.2, 0.25) is 0 Å². The van der Waals surface area contributed by atoms with Crippen LogP contribution in [0, 0.1) is 0 Å². The summed E-state index contributed by atoms with van der Waals surface area (Å²) in [5.74, 6) is 1.01. The number of aryl methyl sites for hydroxylation is 1. The van der Waals surface area contributed by atoms with E-state index in [1.165, 1.54) is 0 Å². The van der Waals surface area contributed by atoms with Gasteiger partial charge in [0, 0.05) is 32.7 Å². The third-order valence-electron chi connectivity index (χ3n) is 6.34. The Morgan fingerprint density at radius 1 is 1.06 bits per heavy atom. The summed E-state index contributed by atoms with van der Waals surface area (Å²) in [6.07, 6.45) is 5.09. The van der Waals surface area contributed by atoms with Crippen molar-refractivity contribution in [2.45, 2.75) is 57.0 Å². The molecule has 31 heavy (non-hydrogen) atoms. The second-order valence-corrected chi connectivity index (χ2v) is 10.6. The van der Waals surface area contributed by atoms with Crippen molar-refractivity contribution in [1.82, 2.24) is 23.7 Å². The maximum Gasteiger partial charge on any atom is 0.243 e. The smallest absolute Gasteiger partial charge is 0.243 e. The van der Waals surface area contributed by atoms with Crippen LogP contribution in [0.3, 0.4) is 0 Å². The quantitative estimate of drug-likeness (QED) is 0.651. The predicted molar refractivity (Wildman–Crippen MR) is 120 cm³/mol. The number of fused-ring (bicyclic) bond motifs is 1. The molecule has 9 heteroatoms. The first kappa shape index (κ1) is 22.2. The number of piperidine rings is 1. The molecule has 0 aliphatic carbocycles. The number of likely N-dealkylation sites (tertiary alicyclic amines) is 1. The zero-order chi connectivity index (χ0) is 22.0. The summed E-state index contributed by atoms with van der Waals surface area (Å²) in [7, 11) is -1.56. The third-order valence-corrected chi connectivity index (χ3v) is 8.24. The van der Waals surface area contributed by atoms with Crippen molar-refractivity contribution >= 4 is 27.0 Å². The molecule has 1 aromatic heterocycles. The van der Waals surface area contributed by atoms with Crippen molar-refractivity contribution in [3.8, 4) is 0 Å². The fraction of sp³-hybridized carbons (Fsp3) is 0.636. The van der Waals surface area contributed by atoms with Gasteiger partial charge in [0.2, 0.25) is 15.9 Å². The zero-order valence-electron chi connectivity index (χ0n) is 18.6. The molecule has 0 bridgehead atoms. The Balaban J connectivity index is 1.54. The molecule has 2 aliphatic rings. The van der Waals surface area contributed by atoms with Gasteiger partial charge in [0.05, 0.1) is 29.0 Å². The highest BCUT2D eigenvalue weighted by atomic mass is 32.2. The minimum atomic E-state index is -3.49. The van der Waals surface area contributed by atoms with Crippen molar-refractivity contribution < 1.29 is 13.2 Å². The van der Waals surface area contributed by atoms with Crippen LogP contribution in [0.25, 0.3) is 11.0 Å².